The molecular weight excluding hydrogens is 216 g/mol. The number of nitrogens with zero attached hydrogens (tertiary/aromatic N) is 1. The Hall–Kier alpha value is -1.81. The summed E-state index contributed by atoms with van der Waals surface area (Å²) in [4.78, 5) is 10.7. The van der Waals surface area contributed by atoms with Gasteiger partial charge in [0.15, 0.2) is 0 Å². The molecule has 0 atom stereocenters. The van der Waals surface area contributed by atoms with E-state index >= 15 is 0 Å². The minimum Gasteiger partial charge on any atom is -0.478 e. The summed E-state index contributed by atoms with van der Waals surface area (Å²) < 4.78 is 0. The molecule has 2 rings (SSSR count). The molecule has 0 spiro atoms. The Morgan fingerprint density at radius 2 is 2.20 bits per heavy atom. The lowest BCUT2D eigenvalue weighted by atomic mass is 10.1. The molecule has 4 nitrogen and oxygen atoms in total. The van der Waals surface area contributed by atoms with E-state index < -0.39 is 5.97 Å². The zero-order valence-corrected chi connectivity index (χ0v) is 8.32. The third kappa shape index (κ3) is 1.85. The summed E-state index contributed by atoms with van der Waals surface area (Å²) in [5, 5.41) is 15.6. The van der Waals surface area contributed by atoms with Crippen LogP contribution >= 0.6 is 11.6 Å². The van der Waals surface area contributed by atoms with Crippen molar-refractivity contribution in [1.82, 2.24) is 10.2 Å². The number of benzene rings is 1. The van der Waals surface area contributed by atoms with Gasteiger partial charge in [0.1, 0.15) is 0 Å². The topological polar surface area (TPSA) is 66.0 Å². The molecule has 0 saturated heterocycles. The number of carboxylic acid groups (broad SMARTS) is 1. The third-order valence-electron chi connectivity index (χ3n) is 2.01. The first-order valence-electron chi connectivity index (χ1n) is 4.21. The Labute approximate surface area is 90.5 Å². The number of aromatic nitrogens is 2. The molecule has 0 amide bonds. The summed E-state index contributed by atoms with van der Waals surface area (Å²) >= 11 is 5.83. The van der Waals surface area contributed by atoms with Gasteiger partial charge in [-0.15, -0.1) is 0 Å². The van der Waals surface area contributed by atoms with Gasteiger partial charge in [-0.05, 0) is 18.2 Å². The Bertz CT molecular complexity index is 494. The maximum atomic E-state index is 10.7. The summed E-state index contributed by atoms with van der Waals surface area (Å²) in [5.74, 6) is -1.03. The van der Waals surface area contributed by atoms with E-state index in [1.165, 1.54) is 6.07 Å². The lowest BCUT2D eigenvalue weighted by molar-refractivity contribution is 0.0697. The van der Waals surface area contributed by atoms with E-state index in [2.05, 4.69) is 10.2 Å². The SMILES string of the molecule is O=C(O)c1ccc(-c2ccn[nH]2)cc1Cl. The van der Waals surface area contributed by atoms with Crippen LogP contribution < -0.4 is 0 Å². The minimum atomic E-state index is -1.03. The summed E-state index contributed by atoms with van der Waals surface area (Å²) in [7, 11) is 0. The van der Waals surface area contributed by atoms with E-state index in [1.807, 2.05) is 0 Å². The Kier molecular flexibility index (Phi) is 2.43. The molecule has 0 radical (unpaired) electrons. The molecule has 15 heavy (non-hydrogen) atoms. The number of hydrogen-bond donors (Lipinski definition) is 2. The second kappa shape index (κ2) is 3.74. The van der Waals surface area contributed by atoms with Gasteiger partial charge >= 0.3 is 5.97 Å². The van der Waals surface area contributed by atoms with Gasteiger partial charge in [-0.2, -0.15) is 5.10 Å². The van der Waals surface area contributed by atoms with Gasteiger partial charge in [0.25, 0.3) is 0 Å². The second-order valence-corrected chi connectivity index (χ2v) is 3.38. The number of carbonyl (C=O) groups is 1. The highest BCUT2D eigenvalue weighted by molar-refractivity contribution is 6.33. The smallest absolute Gasteiger partial charge is 0.337 e. The Morgan fingerprint density at radius 3 is 2.73 bits per heavy atom. The maximum absolute atomic E-state index is 10.7. The van der Waals surface area contributed by atoms with Crippen molar-refractivity contribution >= 4 is 17.6 Å². The van der Waals surface area contributed by atoms with Crippen molar-refractivity contribution in [2.45, 2.75) is 0 Å². The summed E-state index contributed by atoms with van der Waals surface area (Å²) in [6, 6.07) is 6.54. The first kappa shape index (κ1) is 9.73. The van der Waals surface area contributed by atoms with E-state index in [9.17, 15) is 4.79 Å². The molecule has 2 aromatic rings. The molecular formula is C10H7ClN2O2. The van der Waals surface area contributed by atoms with Gasteiger partial charge in [0.2, 0.25) is 0 Å². The van der Waals surface area contributed by atoms with Crippen molar-refractivity contribution in [1.29, 1.82) is 0 Å². The molecule has 0 bridgehead atoms. The van der Waals surface area contributed by atoms with Gasteiger partial charge in [-0.25, -0.2) is 4.79 Å². The number of carboxylic acids is 1. The van der Waals surface area contributed by atoms with E-state index in [1.54, 1.807) is 24.4 Å². The predicted molar refractivity (Wildman–Crippen MR) is 56.0 cm³/mol. The van der Waals surface area contributed by atoms with Crippen LogP contribution in [-0.4, -0.2) is 21.3 Å². The van der Waals surface area contributed by atoms with Crippen LogP contribution in [0.3, 0.4) is 0 Å². The Morgan fingerprint density at radius 1 is 1.40 bits per heavy atom. The number of nitrogens with one attached hydrogen (secondary N) is 1. The lowest BCUT2D eigenvalue weighted by Gasteiger charge is -2.01. The minimum absolute atomic E-state index is 0.0972. The summed E-state index contributed by atoms with van der Waals surface area (Å²) in [6.07, 6.45) is 1.62. The highest BCUT2D eigenvalue weighted by atomic mass is 35.5. The maximum Gasteiger partial charge on any atom is 0.337 e. The van der Waals surface area contributed by atoms with Crippen LogP contribution in [-0.2, 0) is 0 Å². The van der Waals surface area contributed by atoms with Crippen LogP contribution in [0.4, 0.5) is 0 Å². The molecule has 1 aromatic carbocycles. The molecule has 76 valence electrons. The van der Waals surface area contributed by atoms with E-state index in [-0.39, 0.29) is 10.6 Å². The average molecular weight is 223 g/mol. The first-order chi connectivity index (χ1) is 7.18. The monoisotopic (exact) mass is 222 g/mol. The molecule has 0 saturated carbocycles. The van der Waals surface area contributed by atoms with Crippen molar-refractivity contribution in [3.8, 4) is 11.3 Å². The Balaban J connectivity index is 2.47. The molecule has 2 N–H and O–H groups in total. The van der Waals surface area contributed by atoms with Gasteiger partial charge in [0, 0.05) is 11.8 Å². The summed E-state index contributed by atoms with van der Waals surface area (Å²) in [5.41, 5.74) is 1.70. The van der Waals surface area contributed by atoms with Crippen LogP contribution in [0.1, 0.15) is 10.4 Å². The molecule has 0 aliphatic rings. The summed E-state index contributed by atoms with van der Waals surface area (Å²) in [6.45, 7) is 0. The molecule has 0 aliphatic carbocycles. The fourth-order valence-electron chi connectivity index (χ4n) is 1.27. The molecule has 0 unspecified atom stereocenters. The molecule has 5 heteroatoms. The number of aromatic amines is 1. The number of H-pyrrole nitrogens is 1. The van der Waals surface area contributed by atoms with Crippen molar-refractivity contribution in [2.24, 2.45) is 0 Å². The highest BCUT2D eigenvalue weighted by Crippen LogP contribution is 2.23. The lowest BCUT2D eigenvalue weighted by Crippen LogP contribution is -1.97. The normalized spacial score (nSPS) is 10.2. The zero-order chi connectivity index (χ0) is 10.8. The molecule has 0 fully saturated rings. The molecule has 1 heterocycles. The highest BCUT2D eigenvalue weighted by Gasteiger charge is 2.09. The zero-order valence-electron chi connectivity index (χ0n) is 7.57. The number of halogens is 1. The largest absolute Gasteiger partial charge is 0.478 e. The van der Waals surface area contributed by atoms with Crippen molar-refractivity contribution in [2.75, 3.05) is 0 Å². The fraction of sp³-hybridized carbons (Fsp3) is 0. The van der Waals surface area contributed by atoms with Crippen molar-refractivity contribution in [3.05, 3.63) is 41.0 Å². The predicted octanol–water partition coefficient (Wildman–Crippen LogP) is 2.43. The fourth-order valence-corrected chi connectivity index (χ4v) is 1.53. The van der Waals surface area contributed by atoms with Crippen LogP contribution in [0.5, 0.6) is 0 Å². The first-order valence-corrected chi connectivity index (χ1v) is 4.59. The number of hydrogen-bond acceptors (Lipinski definition) is 2. The van der Waals surface area contributed by atoms with Crippen molar-refractivity contribution < 1.29 is 9.90 Å². The van der Waals surface area contributed by atoms with Gasteiger partial charge in [-0.1, -0.05) is 17.7 Å². The van der Waals surface area contributed by atoms with Crippen LogP contribution in [0.25, 0.3) is 11.3 Å². The standard InChI is InChI=1S/C10H7ClN2O2/c11-8-5-6(9-3-4-12-13-9)1-2-7(8)10(14)15/h1-5H,(H,12,13)(H,14,15). The quantitative estimate of drug-likeness (QED) is 0.820. The van der Waals surface area contributed by atoms with E-state index in [0.717, 1.165) is 11.3 Å². The molecule has 1 aromatic heterocycles. The van der Waals surface area contributed by atoms with E-state index in [4.69, 9.17) is 16.7 Å². The average Bonchev–Trinajstić information content (AvgIpc) is 2.69. The number of aromatic carboxylic acids is 1. The number of rotatable bonds is 2. The van der Waals surface area contributed by atoms with Crippen LogP contribution in [0, 0.1) is 0 Å². The van der Waals surface area contributed by atoms with Crippen molar-refractivity contribution in [3.63, 3.8) is 0 Å². The third-order valence-corrected chi connectivity index (χ3v) is 2.32. The van der Waals surface area contributed by atoms with E-state index in [0.29, 0.717) is 0 Å². The molecule has 0 aliphatic heterocycles. The van der Waals surface area contributed by atoms with Gasteiger partial charge < -0.3 is 5.11 Å². The van der Waals surface area contributed by atoms with Crippen LogP contribution in [0.2, 0.25) is 5.02 Å². The van der Waals surface area contributed by atoms with Gasteiger partial charge in [-0.3, -0.25) is 5.10 Å². The van der Waals surface area contributed by atoms with Crippen LogP contribution in [0.15, 0.2) is 30.5 Å². The second-order valence-electron chi connectivity index (χ2n) is 2.97. The van der Waals surface area contributed by atoms with Gasteiger partial charge in [0.05, 0.1) is 16.3 Å².